The summed E-state index contributed by atoms with van der Waals surface area (Å²) in [5, 5.41) is 0.593. The average Bonchev–Trinajstić information content (AvgIpc) is 2.65. The van der Waals surface area contributed by atoms with Gasteiger partial charge in [-0.3, -0.25) is 4.79 Å². The molecule has 0 saturated carbocycles. The Kier molecular flexibility index (Phi) is 3.54. The van der Waals surface area contributed by atoms with E-state index in [1.165, 1.54) is 0 Å². The lowest BCUT2D eigenvalue weighted by Crippen LogP contribution is -2.15. The van der Waals surface area contributed by atoms with Crippen LogP contribution in [0.3, 0.4) is 0 Å². The molecule has 0 aliphatic rings. The van der Waals surface area contributed by atoms with Crippen molar-refractivity contribution in [2.75, 3.05) is 0 Å². The number of nitrogens with two attached hydrogens (primary N) is 1. The third-order valence-corrected chi connectivity index (χ3v) is 3.04. The maximum atomic E-state index is 10.8. The Morgan fingerprint density at radius 3 is 2.88 bits per heavy atom. The predicted octanol–water partition coefficient (Wildman–Crippen LogP) is 2.30. The Hall–Kier alpha value is -1.26. The van der Waals surface area contributed by atoms with E-state index < -0.39 is 0 Å². The summed E-state index contributed by atoms with van der Waals surface area (Å²) < 4.78 is 1.84. The summed E-state index contributed by atoms with van der Waals surface area (Å²) in [4.78, 5) is 15.2. The molecule has 2 aromatic rings. The van der Waals surface area contributed by atoms with Crippen LogP contribution in [0.25, 0.3) is 11.0 Å². The topological polar surface area (TPSA) is 60.9 Å². The van der Waals surface area contributed by atoms with Crippen molar-refractivity contribution in [3.8, 4) is 0 Å². The van der Waals surface area contributed by atoms with Crippen molar-refractivity contribution in [2.24, 2.45) is 5.73 Å². The van der Waals surface area contributed by atoms with Crippen LogP contribution in [0.4, 0.5) is 0 Å². The summed E-state index contributed by atoms with van der Waals surface area (Å²) in [5.41, 5.74) is 6.72. The highest BCUT2D eigenvalue weighted by molar-refractivity contribution is 6.35. The maximum absolute atomic E-state index is 10.8. The average molecular weight is 272 g/mol. The van der Waals surface area contributed by atoms with Crippen LogP contribution in [0.5, 0.6) is 0 Å². The van der Waals surface area contributed by atoms with Crippen molar-refractivity contribution in [1.82, 2.24) is 9.55 Å². The normalized spacial score (nSPS) is 10.9. The van der Waals surface area contributed by atoms with Crippen LogP contribution in [-0.4, -0.2) is 15.5 Å². The molecule has 0 aliphatic heterocycles. The van der Waals surface area contributed by atoms with E-state index in [4.69, 9.17) is 28.9 Å². The molecule has 17 heavy (non-hydrogen) atoms. The summed E-state index contributed by atoms with van der Waals surface area (Å²) in [6.45, 7) is 0.442. The first kappa shape index (κ1) is 12.2. The van der Waals surface area contributed by atoms with Gasteiger partial charge in [0, 0.05) is 13.0 Å². The minimum atomic E-state index is -0.362. The van der Waals surface area contributed by atoms with Gasteiger partial charge in [-0.25, -0.2) is 4.98 Å². The first-order valence-electron chi connectivity index (χ1n) is 5.11. The van der Waals surface area contributed by atoms with E-state index in [0.29, 0.717) is 17.4 Å². The van der Waals surface area contributed by atoms with Gasteiger partial charge in [-0.15, -0.1) is 11.6 Å². The summed E-state index contributed by atoms with van der Waals surface area (Å²) in [6, 6.07) is 5.47. The van der Waals surface area contributed by atoms with E-state index in [1.54, 1.807) is 6.07 Å². The highest BCUT2D eigenvalue weighted by atomic mass is 35.5. The quantitative estimate of drug-likeness (QED) is 0.868. The molecule has 0 aliphatic carbocycles. The second kappa shape index (κ2) is 4.94. The molecule has 90 valence electrons. The lowest BCUT2D eigenvalue weighted by atomic mass is 10.3. The number of nitrogens with zero attached hydrogens (tertiary/aromatic N) is 2. The number of aryl methyl sites for hydroxylation is 1. The Labute approximate surface area is 108 Å². The number of alkyl halides is 1. The molecule has 0 bridgehead atoms. The SMILES string of the molecule is NC(=O)CCn1c(CCl)nc2cccc(Cl)c21. The number of aromatic nitrogens is 2. The third-order valence-electron chi connectivity index (χ3n) is 2.50. The molecular formula is C11H11Cl2N3O. The fourth-order valence-electron chi connectivity index (χ4n) is 1.75. The minimum absolute atomic E-state index is 0.237. The summed E-state index contributed by atoms with van der Waals surface area (Å²) in [5.74, 6) is 0.597. The number of benzene rings is 1. The van der Waals surface area contributed by atoms with Crippen LogP contribution < -0.4 is 5.73 Å². The van der Waals surface area contributed by atoms with Gasteiger partial charge in [-0.05, 0) is 12.1 Å². The van der Waals surface area contributed by atoms with Gasteiger partial charge >= 0.3 is 0 Å². The van der Waals surface area contributed by atoms with Gasteiger partial charge in [-0.2, -0.15) is 0 Å². The van der Waals surface area contributed by atoms with E-state index >= 15 is 0 Å². The lowest BCUT2D eigenvalue weighted by Gasteiger charge is -2.06. The largest absolute Gasteiger partial charge is 0.370 e. The standard InChI is InChI=1S/C11H11Cl2N3O/c12-6-10-15-8-3-1-2-7(13)11(8)16(10)5-4-9(14)17/h1-3H,4-6H2,(H2,14,17). The molecule has 0 atom stereocenters. The summed E-state index contributed by atoms with van der Waals surface area (Å²) in [6.07, 6.45) is 0.237. The second-order valence-electron chi connectivity index (χ2n) is 3.64. The predicted molar refractivity (Wildman–Crippen MR) is 68.1 cm³/mol. The first-order chi connectivity index (χ1) is 8.13. The minimum Gasteiger partial charge on any atom is -0.370 e. The van der Waals surface area contributed by atoms with Crippen LogP contribution in [0.2, 0.25) is 5.02 Å². The number of hydrogen-bond donors (Lipinski definition) is 1. The zero-order valence-corrected chi connectivity index (χ0v) is 10.5. The Balaban J connectivity index is 2.53. The van der Waals surface area contributed by atoms with Crippen molar-refractivity contribution in [3.63, 3.8) is 0 Å². The molecule has 1 aromatic carbocycles. The molecule has 4 nitrogen and oxygen atoms in total. The van der Waals surface area contributed by atoms with Gasteiger partial charge in [0.15, 0.2) is 0 Å². The molecule has 1 aromatic heterocycles. The van der Waals surface area contributed by atoms with Crippen molar-refractivity contribution in [3.05, 3.63) is 29.0 Å². The molecule has 2 N–H and O–H groups in total. The number of para-hydroxylation sites is 1. The van der Waals surface area contributed by atoms with Crippen LogP contribution in [0.15, 0.2) is 18.2 Å². The molecule has 1 heterocycles. The number of fused-ring (bicyclic) bond motifs is 1. The number of carbonyl (C=O) groups is 1. The van der Waals surface area contributed by atoms with E-state index in [1.807, 2.05) is 16.7 Å². The van der Waals surface area contributed by atoms with E-state index in [2.05, 4.69) is 4.98 Å². The molecular weight excluding hydrogens is 261 g/mol. The zero-order chi connectivity index (χ0) is 12.4. The molecule has 1 amide bonds. The highest BCUT2D eigenvalue weighted by Crippen LogP contribution is 2.25. The van der Waals surface area contributed by atoms with Gasteiger partial charge in [0.1, 0.15) is 5.82 Å². The number of primary amides is 1. The molecule has 6 heteroatoms. The molecule has 0 saturated heterocycles. The van der Waals surface area contributed by atoms with Gasteiger partial charge in [0.05, 0.1) is 21.9 Å². The number of amides is 1. The van der Waals surface area contributed by atoms with Crippen molar-refractivity contribution < 1.29 is 4.79 Å². The second-order valence-corrected chi connectivity index (χ2v) is 4.31. The number of carbonyl (C=O) groups excluding carboxylic acids is 1. The molecule has 0 unspecified atom stereocenters. The summed E-state index contributed by atoms with van der Waals surface area (Å²) >= 11 is 12.0. The summed E-state index contributed by atoms with van der Waals surface area (Å²) in [7, 11) is 0. The first-order valence-corrected chi connectivity index (χ1v) is 6.02. The van der Waals surface area contributed by atoms with E-state index in [9.17, 15) is 4.79 Å². The van der Waals surface area contributed by atoms with Crippen LogP contribution in [-0.2, 0) is 17.2 Å². The smallest absolute Gasteiger partial charge is 0.219 e. The molecule has 2 rings (SSSR count). The Morgan fingerprint density at radius 1 is 1.47 bits per heavy atom. The third kappa shape index (κ3) is 2.37. The Morgan fingerprint density at radius 2 is 2.24 bits per heavy atom. The monoisotopic (exact) mass is 271 g/mol. The molecule has 0 spiro atoms. The van der Waals surface area contributed by atoms with Crippen molar-refractivity contribution in [2.45, 2.75) is 18.8 Å². The van der Waals surface area contributed by atoms with Gasteiger partial charge < -0.3 is 10.3 Å². The maximum Gasteiger partial charge on any atom is 0.219 e. The van der Waals surface area contributed by atoms with E-state index in [0.717, 1.165) is 11.0 Å². The number of imidazole rings is 1. The fraction of sp³-hybridized carbons (Fsp3) is 0.273. The highest BCUT2D eigenvalue weighted by Gasteiger charge is 2.12. The molecule has 0 radical (unpaired) electrons. The number of halogens is 2. The zero-order valence-electron chi connectivity index (χ0n) is 8.99. The van der Waals surface area contributed by atoms with Crippen LogP contribution >= 0.6 is 23.2 Å². The molecule has 0 fully saturated rings. The van der Waals surface area contributed by atoms with Crippen LogP contribution in [0.1, 0.15) is 12.2 Å². The van der Waals surface area contributed by atoms with Crippen LogP contribution in [0, 0.1) is 0 Å². The van der Waals surface area contributed by atoms with Gasteiger partial charge in [0.2, 0.25) is 5.91 Å². The fourth-order valence-corrected chi connectivity index (χ4v) is 2.23. The van der Waals surface area contributed by atoms with Gasteiger partial charge in [-0.1, -0.05) is 17.7 Å². The van der Waals surface area contributed by atoms with Gasteiger partial charge in [0.25, 0.3) is 0 Å². The number of hydrogen-bond acceptors (Lipinski definition) is 2. The van der Waals surface area contributed by atoms with Crippen molar-refractivity contribution in [1.29, 1.82) is 0 Å². The van der Waals surface area contributed by atoms with Crippen molar-refractivity contribution >= 4 is 40.1 Å². The lowest BCUT2D eigenvalue weighted by molar-refractivity contribution is -0.118. The Bertz CT molecular complexity index is 565. The van der Waals surface area contributed by atoms with E-state index in [-0.39, 0.29) is 18.2 Å². The number of rotatable bonds is 4.